The monoisotopic (exact) mass is 339 g/mol. The van der Waals surface area contributed by atoms with Crippen LogP contribution < -0.4 is 0 Å². The largest absolute Gasteiger partial charge is 0.341 e. The lowest BCUT2D eigenvalue weighted by Gasteiger charge is -2.28. The normalized spacial score (nSPS) is 20.6. The first-order valence-electron chi connectivity index (χ1n) is 8.63. The second kappa shape index (κ2) is 7.27. The van der Waals surface area contributed by atoms with Gasteiger partial charge in [0.1, 0.15) is 5.82 Å². The first-order chi connectivity index (χ1) is 12.0. The van der Waals surface area contributed by atoms with E-state index in [1.807, 2.05) is 33.2 Å². The highest BCUT2D eigenvalue weighted by atomic mass is 16.2. The fraction of sp³-hybridized carbons (Fsp3) is 0.474. The molecule has 0 radical (unpaired) electrons. The van der Waals surface area contributed by atoms with Crippen molar-refractivity contribution in [1.82, 2.24) is 24.8 Å². The van der Waals surface area contributed by atoms with Gasteiger partial charge in [-0.1, -0.05) is 6.07 Å². The van der Waals surface area contributed by atoms with E-state index in [9.17, 15) is 4.79 Å². The Morgan fingerprint density at radius 1 is 1.36 bits per heavy atom. The van der Waals surface area contributed by atoms with Gasteiger partial charge in [-0.3, -0.25) is 14.7 Å². The maximum atomic E-state index is 12.8. The molecule has 0 bridgehead atoms. The van der Waals surface area contributed by atoms with Crippen LogP contribution in [0.4, 0.5) is 0 Å². The molecule has 1 amide bonds. The van der Waals surface area contributed by atoms with Gasteiger partial charge in [-0.05, 0) is 51.4 Å². The summed E-state index contributed by atoms with van der Waals surface area (Å²) in [5, 5.41) is 0. The van der Waals surface area contributed by atoms with E-state index in [1.54, 1.807) is 17.3 Å². The van der Waals surface area contributed by atoms with Gasteiger partial charge in [-0.2, -0.15) is 0 Å². The smallest absolute Gasteiger partial charge is 0.257 e. The average molecular weight is 339 g/mol. The molecule has 3 heterocycles. The molecule has 0 aliphatic carbocycles. The van der Waals surface area contributed by atoms with E-state index >= 15 is 0 Å². The van der Waals surface area contributed by atoms with Crippen molar-refractivity contribution in [3.63, 3.8) is 0 Å². The Balaban J connectivity index is 1.75. The first-order valence-corrected chi connectivity index (χ1v) is 8.63. The van der Waals surface area contributed by atoms with Crippen molar-refractivity contribution in [2.45, 2.75) is 26.3 Å². The van der Waals surface area contributed by atoms with Crippen molar-refractivity contribution in [1.29, 1.82) is 0 Å². The van der Waals surface area contributed by atoms with Crippen LogP contribution in [0, 0.1) is 19.8 Å². The van der Waals surface area contributed by atoms with Crippen LogP contribution in [0.15, 0.2) is 30.7 Å². The molecule has 6 nitrogen and oxygen atoms in total. The molecule has 1 saturated heterocycles. The van der Waals surface area contributed by atoms with Gasteiger partial charge < -0.3 is 4.90 Å². The fourth-order valence-corrected chi connectivity index (χ4v) is 3.73. The third kappa shape index (κ3) is 3.69. The molecule has 1 aliphatic heterocycles. The summed E-state index contributed by atoms with van der Waals surface area (Å²) >= 11 is 0. The van der Waals surface area contributed by atoms with Crippen molar-refractivity contribution in [3.8, 4) is 0 Å². The van der Waals surface area contributed by atoms with Crippen LogP contribution in [0.3, 0.4) is 0 Å². The number of likely N-dealkylation sites (tertiary alicyclic amines) is 1. The van der Waals surface area contributed by atoms with Crippen LogP contribution in [0.2, 0.25) is 0 Å². The molecule has 2 atom stereocenters. The van der Waals surface area contributed by atoms with Gasteiger partial charge in [0.25, 0.3) is 5.91 Å². The molecule has 0 saturated carbocycles. The molecule has 132 valence electrons. The molecule has 0 aromatic carbocycles. The number of amides is 1. The van der Waals surface area contributed by atoms with Gasteiger partial charge in [-0.15, -0.1) is 0 Å². The van der Waals surface area contributed by atoms with E-state index in [0.29, 0.717) is 29.9 Å². The molecule has 2 aromatic heterocycles. The molecular weight excluding hydrogens is 314 g/mol. The van der Waals surface area contributed by atoms with Gasteiger partial charge >= 0.3 is 0 Å². The van der Waals surface area contributed by atoms with Crippen LogP contribution in [-0.2, 0) is 0 Å². The van der Waals surface area contributed by atoms with Gasteiger partial charge in [-0.25, -0.2) is 9.97 Å². The summed E-state index contributed by atoms with van der Waals surface area (Å²) in [6.07, 6.45) is 6.43. The molecule has 0 N–H and O–H groups in total. The Bertz CT molecular complexity index is 749. The van der Waals surface area contributed by atoms with Crippen molar-refractivity contribution < 1.29 is 4.79 Å². The molecule has 6 heteroatoms. The number of hydrogen-bond acceptors (Lipinski definition) is 5. The predicted octanol–water partition coefficient (Wildman–Crippen LogP) is 2.25. The second-order valence-electron chi connectivity index (χ2n) is 6.86. The summed E-state index contributed by atoms with van der Waals surface area (Å²) in [6.45, 7) is 5.42. The predicted molar refractivity (Wildman–Crippen MR) is 96.2 cm³/mol. The summed E-state index contributed by atoms with van der Waals surface area (Å²) in [5.41, 5.74) is 2.53. The maximum absolute atomic E-state index is 12.8. The lowest BCUT2D eigenvalue weighted by molar-refractivity contribution is 0.0759. The number of carbonyl (C=O) groups is 1. The lowest BCUT2D eigenvalue weighted by Crippen LogP contribution is -2.34. The van der Waals surface area contributed by atoms with Gasteiger partial charge in [0.15, 0.2) is 0 Å². The van der Waals surface area contributed by atoms with Crippen molar-refractivity contribution in [3.05, 3.63) is 53.4 Å². The minimum Gasteiger partial charge on any atom is -0.341 e. The molecule has 25 heavy (non-hydrogen) atoms. The van der Waals surface area contributed by atoms with Gasteiger partial charge in [0.05, 0.1) is 11.3 Å². The first kappa shape index (κ1) is 17.5. The molecule has 1 aliphatic rings. The summed E-state index contributed by atoms with van der Waals surface area (Å²) in [6, 6.07) is 4.38. The number of hydrogen-bond donors (Lipinski definition) is 0. The summed E-state index contributed by atoms with van der Waals surface area (Å²) in [5.74, 6) is 1.05. The molecule has 1 fully saturated rings. The number of nitrogens with zero attached hydrogens (tertiary/aromatic N) is 5. The topological polar surface area (TPSA) is 62.2 Å². The highest BCUT2D eigenvalue weighted by molar-refractivity contribution is 5.94. The number of rotatable bonds is 4. The number of carbonyl (C=O) groups excluding carboxylic acids is 1. The van der Waals surface area contributed by atoms with E-state index in [0.717, 1.165) is 18.7 Å². The van der Waals surface area contributed by atoms with E-state index in [1.165, 1.54) is 5.56 Å². The fourth-order valence-electron chi connectivity index (χ4n) is 3.73. The Morgan fingerprint density at radius 3 is 2.84 bits per heavy atom. The van der Waals surface area contributed by atoms with Crippen molar-refractivity contribution in [2.75, 3.05) is 27.2 Å². The van der Waals surface area contributed by atoms with Crippen LogP contribution in [0.25, 0.3) is 0 Å². The van der Waals surface area contributed by atoms with E-state index in [4.69, 9.17) is 0 Å². The standard InChI is InChI=1S/C19H25N5O/c1-13-17(11-21-14(2)22-13)19(25)24(4)12-16-7-9-23(3)18(16)15-6-5-8-20-10-15/h5-6,8,10-11,16,18H,7,9,12H2,1-4H3/t16-,18-/m0/s1. The molecule has 0 unspecified atom stereocenters. The summed E-state index contributed by atoms with van der Waals surface area (Å²) < 4.78 is 0. The molecule has 3 rings (SSSR count). The van der Waals surface area contributed by atoms with Crippen LogP contribution in [-0.4, -0.2) is 57.8 Å². The Kier molecular flexibility index (Phi) is 5.08. The number of pyridine rings is 1. The van der Waals surface area contributed by atoms with Crippen molar-refractivity contribution >= 4 is 5.91 Å². The van der Waals surface area contributed by atoms with Crippen LogP contribution in [0.5, 0.6) is 0 Å². The van der Waals surface area contributed by atoms with E-state index < -0.39 is 0 Å². The SMILES string of the molecule is Cc1ncc(C(=O)N(C)C[C@@H]2CCN(C)[C@H]2c2cccnc2)c(C)n1. The van der Waals surface area contributed by atoms with E-state index in [-0.39, 0.29) is 5.91 Å². The lowest BCUT2D eigenvalue weighted by atomic mass is 9.94. The highest BCUT2D eigenvalue weighted by Gasteiger charge is 2.34. The number of aryl methyl sites for hydroxylation is 2. The quantitative estimate of drug-likeness (QED) is 0.855. The van der Waals surface area contributed by atoms with Crippen molar-refractivity contribution in [2.24, 2.45) is 5.92 Å². The second-order valence-corrected chi connectivity index (χ2v) is 6.86. The van der Waals surface area contributed by atoms with Crippen LogP contribution in [0.1, 0.15) is 39.9 Å². The highest BCUT2D eigenvalue weighted by Crippen LogP contribution is 2.36. The Hall–Kier alpha value is -2.34. The zero-order chi connectivity index (χ0) is 18.0. The Labute approximate surface area is 148 Å². The third-order valence-corrected chi connectivity index (χ3v) is 4.99. The maximum Gasteiger partial charge on any atom is 0.257 e. The molecular formula is C19H25N5O. The zero-order valence-electron chi connectivity index (χ0n) is 15.3. The summed E-state index contributed by atoms with van der Waals surface area (Å²) in [7, 11) is 4.00. The zero-order valence-corrected chi connectivity index (χ0v) is 15.3. The third-order valence-electron chi connectivity index (χ3n) is 4.99. The number of aromatic nitrogens is 3. The van der Waals surface area contributed by atoms with Crippen LogP contribution >= 0.6 is 0 Å². The minimum atomic E-state index is -0.0167. The average Bonchev–Trinajstić information content (AvgIpc) is 2.95. The molecule has 0 spiro atoms. The molecule has 2 aromatic rings. The minimum absolute atomic E-state index is 0.0167. The van der Waals surface area contributed by atoms with E-state index in [2.05, 4.69) is 33.0 Å². The Morgan fingerprint density at radius 2 is 2.16 bits per heavy atom. The van der Waals surface area contributed by atoms with Gasteiger partial charge in [0.2, 0.25) is 0 Å². The van der Waals surface area contributed by atoms with Gasteiger partial charge in [0, 0.05) is 38.2 Å². The summed E-state index contributed by atoms with van der Waals surface area (Å²) in [4.78, 5) is 29.7.